The molecule has 1 aliphatic rings. The first kappa shape index (κ1) is 19.5. The number of carbonyl (C=O) groups is 2. The fourth-order valence-corrected chi connectivity index (χ4v) is 4.86. The molecule has 8 heteroatoms. The predicted molar refractivity (Wildman–Crippen MR) is 120 cm³/mol. The Bertz CT molecular complexity index is 1320. The maximum atomic E-state index is 13.6. The second-order valence-electron chi connectivity index (χ2n) is 6.81. The van der Waals surface area contributed by atoms with Crippen LogP contribution in [0, 0.1) is 5.82 Å². The first-order valence-electron chi connectivity index (χ1n) is 9.30. The summed E-state index contributed by atoms with van der Waals surface area (Å²) in [7, 11) is 0. The summed E-state index contributed by atoms with van der Waals surface area (Å²) < 4.78 is 13.6. The van der Waals surface area contributed by atoms with E-state index in [1.165, 1.54) is 35.2 Å². The molecule has 0 saturated heterocycles. The quantitative estimate of drug-likeness (QED) is 0.409. The number of carbonyl (C=O) groups excluding carboxylic acids is 2. The second kappa shape index (κ2) is 7.98. The van der Waals surface area contributed by atoms with Gasteiger partial charge in [-0.1, -0.05) is 23.9 Å². The number of aromatic nitrogens is 1. The third-order valence-electron chi connectivity index (χ3n) is 4.73. The minimum absolute atomic E-state index is 0.270. The van der Waals surface area contributed by atoms with Crippen LogP contribution >= 0.6 is 23.1 Å². The maximum Gasteiger partial charge on any atom is 0.256 e. The van der Waals surface area contributed by atoms with Gasteiger partial charge in [-0.25, -0.2) is 4.39 Å². The number of hydrogen-bond acceptors (Lipinski definition) is 5. The number of anilines is 2. The van der Waals surface area contributed by atoms with Gasteiger partial charge in [-0.15, -0.1) is 11.3 Å². The number of nitrogens with zero attached hydrogens (tertiary/aromatic N) is 1. The maximum absolute atomic E-state index is 13.6. The highest BCUT2D eigenvalue weighted by Gasteiger charge is 2.21. The Hall–Kier alpha value is -3.49. The number of halogens is 1. The van der Waals surface area contributed by atoms with E-state index in [0.29, 0.717) is 21.8 Å². The molecule has 0 atom stereocenters. The van der Waals surface area contributed by atoms with Crippen molar-refractivity contribution in [3.63, 3.8) is 0 Å². The molecule has 0 saturated carbocycles. The lowest BCUT2D eigenvalue weighted by Crippen LogP contribution is -2.14. The molecule has 0 spiro atoms. The Morgan fingerprint density at radius 3 is 2.74 bits per heavy atom. The highest BCUT2D eigenvalue weighted by Crippen LogP contribution is 2.39. The summed E-state index contributed by atoms with van der Waals surface area (Å²) in [4.78, 5) is 31.9. The van der Waals surface area contributed by atoms with Crippen molar-refractivity contribution in [2.24, 2.45) is 0 Å². The Balaban J connectivity index is 1.40. The zero-order chi connectivity index (χ0) is 21.4. The molecule has 1 aliphatic heterocycles. The molecule has 1 aromatic heterocycles. The number of fused-ring (bicyclic) bond motifs is 2. The SMILES string of the molecule is O=C(Nc1cccc(-c2cncs2)c1)c1ccc2c(c1)NC(=O)c1cc(F)ccc1S2. The van der Waals surface area contributed by atoms with E-state index in [4.69, 9.17) is 0 Å². The van der Waals surface area contributed by atoms with E-state index >= 15 is 0 Å². The monoisotopic (exact) mass is 447 g/mol. The lowest BCUT2D eigenvalue weighted by atomic mass is 10.1. The summed E-state index contributed by atoms with van der Waals surface area (Å²) >= 11 is 2.88. The average molecular weight is 448 g/mol. The molecule has 0 radical (unpaired) electrons. The zero-order valence-corrected chi connectivity index (χ0v) is 17.5. The van der Waals surface area contributed by atoms with Crippen molar-refractivity contribution in [3.05, 3.63) is 89.3 Å². The predicted octanol–water partition coefficient (Wildman–Crippen LogP) is 5.92. The largest absolute Gasteiger partial charge is 0.322 e. The summed E-state index contributed by atoms with van der Waals surface area (Å²) in [5.41, 5.74) is 4.57. The second-order valence-corrected chi connectivity index (χ2v) is 8.78. The van der Waals surface area contributed by atoms with Crippen LogP contribution in [0.3, 0.4) is 0 Å². The van der Waals surface area contributed by atoms with Crippen LogP contribution < -0.4 is 10.6 Å². The molecular formula is C23H14FN3O2S2. The van der Waals surface area contributed by atoms with Crippen LogP contribution in [0.15, 0.2) is 82.2 Å². The van der Waals surface area contributed by atoms with Crippen LogP contribution in [-0.2, 0) is 0 Å². The first-order chi connectivity index (χ1) is 15.1. The van der Waals surface area contributed by atoms with E-state index in [1.807, 2.05) is 24.3 Å². The smallest absolute Gasteiger partial charge is 0.256 e. The molecule has 5 rings (SSSR count). The summed E-state index contributed by atoms with van der Waals surface area (Å²) in [5, 5.41) is 5.68. The van der Waals surface area contributed by atoms with Crippen LogP contribution in [0.1, 0.15) is 20.7 Å². The molecule has 3 aromatic carbocycles. The Morgan fingerprint density at radius 2 is 1.90 bits per heavy atom. The summed E-state index contributed by atoms with van der Waals surface area (Å²) in [6.45, 7) is 0. The van der Waals surface area contributed by atoms with Crippen molar-refractivity contribution in [2.75, 3.05) is 10.6 Å². The average Bonchev–Trinajstić information content (AvgIpc) is 3.27. The minimum Gasteiger partial charge on any atom is -0.322 e. The van der Waals surface area contributed by atoms with Gasteiger partial charge in [-0.2, -0.15) is 0 Å². The molecule has 31 heavy (non-hydrogen) atoms. The molecule has 0 fully saturated rings. The van der Waals surface area contributed by atoms with Crippen molar-refractivity contribution < 1.29 is 14.0 Å². The number of rotatable bonds is 3. The van der Waals surface area contributed by atoms with Gasteiger partial charge in [0.05, 0.1) is 21.6 Å². The molecule has 5 nitrogen and oxygen atoms in total. The van der Waals surface area contributed by atoms with Crippen LogP contribution in [0.2, 0.25) is 0 Å². The van der Waals surface area contributed by atoms with E-state index < -0.39 is 11.7 Å². The van der Waals surface area contributed by atoms with Gasteiger partial charge in [0.15, 0.2) is 0 Å². The first-order valence-corrected chi connectivity index (χ1v) is 11.0. The number of nitrogens with one attached hydrogen (secondary N) is 2. The Morgan fingerprint density at radius 1 is 1.03 bits per heavy atom. The van der Waals surface area contributed by atoms with Gasteiger partial charge < -0.3 is 10.6 Å². The molecule has 4 aromatic rings. The third kappa shape index (κ3) is 3.95. The number of thiazole rings is 1. The normalized spacial score (nSPS) is 12.4. The lowest BCUT2D eigenvalue weighted by molar-refractivity contribution is 0.101. The van der Waals surface area contributed by atoms with E-state index in [0.717, 1.165) is 15.3 Å². The standard InChI is InChI=1S/C23H14FN3O2S2/c24-15-5-7-19-17(10-15)23(29)27-18-9-14(4-6-20(18)31-19)22(28)26-16-3-1-2-13(8-16)21-11-25-12-30-21/h1-12H,(H,26,28)(H,27,29). The fraction of sp³-hybridized carbons (Fsp3) is 0. The number of benzene rings is 3. The third-order valence-corrected chi connectivity index (χ3v) is 6.71. The molecule has 0 unspecified atom stereocenters. The summed E-state index contributed by atoms with van der Waals surface area (Å²) in [6.07, 6.45) is 1.78. The van der Waals surface area contributed by atoms with Crippen LogP contribution in [0.5, 0.6) is 0 Å². The number of amides is 2. The van der Waals surface area contributed by atoms with Crippen molar-refractivity contribution in [3.8, 4) is 10.4 Å². The molecule has 0 aliphatic carbocycles. The number of hydrogen-bond donors (Lipinski definition) is 2. The molecule has 2 N–H and O–H groups in total. The highest BCUT2D eigenvalue weighted by atomic mass is 32.2. The molecule has 152 valence electrons. The van der Waals surface area contributed by atoms with Crippen LogP contribution in [-0.4, -0.2) is 16.8 Å². The van der Waals surface area contributed by atoms with Gasteiger partial charge in [-0.05, 0) is 54.1 Å². The van der Waals surface area contributed by atoms with E-state index in [1.54, 1.807) is 36.0 Å². The molecule has 2 amide bonds. The van der Waals surface area contributed by atoms with Crippen molar-refractivity contribution >= 4 is 46.3 Å². The van der Waals surface area contributed by atoms with Gasteiger partial charge in [0.1, 0.15) is 5.82 Å². The van der Waals surface area contributed by atoms with E-state index in [2.05, 4.69) is 15.6 Å². The fourth-order valence-electron chi connectivity index (χ4n) is 3.25. The van der Waals surface area contributed by atoms with Gasteiger partial charge in [0.2, 0.25) is 0 Å². The van der Waals surface area contributed by atoms with Crippen molar-refractivity contribution in [2.45, 2.75) is 9.79 Å². The molecule has 2 heterocycles. The van der Waals surface area contributed by atoms with Gasteiger partial charge in [0, 0.05) is 27.2 Å². The van der Waals surface area contributed by atoms with Crippen LogP contribution in [0.25, 0.3) is 10.4 Å². The summed E-state index contributed by atoms with van der Waals surface area (Å²) in [5.74, 6) is -1.17. The van der Waals surface area contributed by atoms with Crippen LogP contribution in [0.4, 0.5) is 15.8 Å². The summed E-state index contributed by atoms with van der Waals surface area (Å²) in [6, 6.07) is 16.8. The van der Waals surface area contributed by atoms with Gasteiger partial charge in [-0.3, -0.25) is 14.6 Å². The highest BCUT2D eigenvalue weighted by molar-refractivity contribution is 7.99. The van der Waals surface area contributed by atoms with Crippen molar-refractivity contribution in [1.82, 2.24) is 4.98 Å². The Kier molecular flexibility index (Phi) is 5.01. The zero-order valence-electron chi connectivity index (χ0n) is 15.9. The minimum atomic E-state index is -0.471. The van der Waals surface area contributed by atoms with Gasteiger partial charge in [0.25, 0.3) is 11.8 Å². The molecular weight excluding hydrogens is 433 g/mol. The lowest BCUT2D eigenvalue weighted by Gasteiger charge is -2.10. The Labute approximate surface area is 185 Å². The van der Waals surface area contributed by atoms with E-state index in [9.17, 15) is 14.0 Å². The topological polar surface area (TPSA) is 71.1 Å². The van der Waals surface area contributed by atoms with Crippen molar-refractivity contribution in [1.29, 1.82) is 0 Å². The molecule has 0 bridgehead atoms. The van der Waals surface area contributed by atoms with E-state index in [-0.39, 0.29) is 11.5 Å². The van der Waals surface area contributed by atoms with Gasteiger partial charge >= 0.3 is 0 Å².